The Kier molecular flexibility index (Phi) is 2.86. The van der Waals surface area contributed by atoms with Gasteiger partial charge in [-0.1, -0.05) is 6.92 Å². The molecule has 66 valence electrons. The van der Waals surface area contributed by atoms with Crippen LogP contribution >= 0.6 is 0 Å². The molecule has 0 aromatic rings. The first kappa shape index (κ1) is 8.96. The van der Waals surface area contributed by atoms with Crippen molar-refractivity contribution in [3.63, 3.8) is 0 Å². The summed E-state index contributed by atoms with van der Waals surface area (Å²) in [5.41, 5.74) is 0. The van der Waals surface area contributed by atoms with Crippen LogP contribution in [-0.2, 0) is 10.2 Å². The minimum Gasteiger partial charge on any atom is -0.202 e. The topological polar surface area (TPSA) is 49.4 Å². The normalized spacial score (nSPS) is 25.2. The quantitative estimate of drug-likeness (QED) is 0.644. The molecule has 1 rings (SSSR count). The summed E-state index contributed by atoms with van der Waals surface area (Å²) in [5.74, 6) is 0. The molecule has 0 aromatic carbocycles. The van der Waals surface area contributed by atoms with Crippen LogP contribution in [0.4, 0.5) is 0 Å². The van der Waals surface area contributed by atoms with Gasteiger partial charge in [0.15, 0.2) is 0 Å². The fraction of sp³-hybridized carbons (Fsp3) is 1.00. The van der Waals surface area contributed by atoms with Crippen molar-refractivity contribution < 1.29 is 8.42 Å². The average Bonchev–Trinajstić information content (AvgIpc) is 1.94. The van der Waals surface area contributed by atoms with E-state index in [1.54, 1.807) is 0 Å². The lowest BCUT2D eigenvalue weighted by Crippen LogP contribution is -2.46. The highest BCUT2D eigenvalue weighted by molar-refractivity contribution is 7.87. The molecule has 1 aliphatic heterocycles. The zero-order valence-corrected chi connectivity index (χ0v) is 7.52. The number of nitrogens with one attached hydrogen (secondary N) is 1. The Labute approximate surface area is 67.8 Å². The van der Waals surface area contributed by atoms with Gasteiger partial charge in [0.2, 0.25) is 0 Å². The Hall–Kier alpha value is -0.130. The highest BCUT2D eigenvalue weighted by Crippen LogP contribution is 2.05. The van der Waals surface area contributed by atoms with Gasteiger partial charge in [-0.05, 0) is 12.8 Å². The lowest BCUT2D eigenvalue weighted by atomic mass is 10.4. The van der Waals surface area contributed by atoms with Crippen LogP contribution in [0.5, 0.6) is 0 Å². The molecule has 1 heterocycles. The number of rotatable bonds is 2. The summed E-state index contributed by atoms with van der Waals surface area (Å²) in [4.78, 5) is 0. The minimum atomic E-state index is -3.10. The molecule has 4 nitrogen and oxygen atoms in total. The van der Waals surface area contributed by atoms with E-state index in [-0.39, 0.29) is 0 Å². The van der Waals surface area contributed by atoms with E-state index in [1.807, 2.05) is 6.92 Å². The first-order chi connectivity index (χ1) is 5.17. The van der Waals surface area contributed by atoms with Crippen molar-refractivity contribution in [3.8, 4) is 0 Å². The van der Waals surface area contributed by atoms with Crippen molar-refractivity contribution in [2.45, 2.75) is 19.8 Å². The second kappa shape index (κ2) is 3.51. The summed E-state index contributed by atoms with van der Waals surface area (Å²) in [6, 6.07) is 0. The first-order valence-corrected chi connectivity index (χ1v) is 5.35. The van der Waals surface area contributed by atoms with Gasteiger partial charge in [0.05, 0.1) is 0 Å². The van der Waals surface area contributed by atoms with E-state index in [0.717, 1.165) is 12.8 Å². The van der Waals surface area contributed by atoms with Gasteiger partial charge in [0.1, 0.15) is 0 Å². The lowest BCUT2D eigenvalue weighted by molar-refractivity contribution is 0.374. The molecule has 1 N–H and O–H groups in total. The fourth-order valence-electron chi connectivity index (χ4n) is 1.15. The van der Waals surface area contributed by atoms with E-state index < -0.39 is 10.2 Å². The maximum Gasteiger partial charge on any atom is 0.279 e. The molecule has 0 amide bonds. The van der Waals surface area contributed by atoms with E-state index >= 15 is 0 Å². The maximum atomic E-state index is 11.2. The Morgan fingerprint density at radius 3 is 2.82 bits per heavy atom. The standard InChI is InChI=1S/C6H14N2O2S/c1-2-5-8-6-3-4-7-11(8,9)10/h7H,2-6H2,1H3. The SMILES string of the molecule is CCCN1CCCNS1(=O)=O. The third-order valence-electron chi connectivity index (χ3n) is 1.68. The van der Waals surface area contributed by atoms with Crippen LogP contribution in [0, 0.1) is 0 Å². The molecule has 0 aromatic heterocycles. The van der Waals surface area contributed by atoms with Crippen molar-refractivity contribution in [2.75, 3.05) is 19.6 Å². The van der Waals surface area contributed by atoms with Gasteiger partial charge in [-0.3, -0.25) is 0 Å². The van der Waals surface area contributed by atoms with Gasteiger partial charge < -0.3 is 0 Å². The zero-order valence-electron chi connectivity index (χ0n) is 6.71. The van der Waals surface area contributed by atoms with E-state index in [9.17, 15) is 8.42 Å². The minimum absolute atomic E-state index is 0.586. The summed E-state index contributed by atoms with van der Waals surface area (Å²) in [7, 11) is -3.10. The molecule has 5 heteroatoms. The van der Waals surface area contributed by atoms with Gasteiger partial charge in [0.25, 0.3) is 10.2 Å². The molecule has 11 heavy (non-hydrogen) atoms. The summed E-state index contributed by atoms with van der Waals surface area (Å²) < 4.78 is 26.4. The molecule has 1 saturated heterocycles. The summed E-state index contributed by atoms with van der Waals surface area (Å²) in [5, 5.41) is 0. The highest BCUT2D eigenvalue weighted by atomic mass is 32.2. The second-order valence-corrected chi connectivity index (χ2v) is 4.41. The molecule has 0 radical (unpaired) electrons. The average molecular weight is 178 g/mol. The van der Waals surface area contributed by atoms with E-state index in [0.29, 0.717) is 19.6 Å². The maximum absolute atomic E-state index is 11.2. The molecule has 0 aliphatic carbocycles. The van der Waals surface area contributed by atoms with Crippen molar-refractivity contribution in [1.29, 1.82) is 0 Å². The Bertz CT molecular complexity index is 211. The van der Waals surface area contributed by atoms with Crippen molar-refractivity contribution in [2.24, 2.45) is 0 Å². The van der Waals surface area contributed by atoms with Gasteiger partial charge in [0, 0.05) is 19.6 Å². The lowest BCUT2D eigenvalue weighted by Gasteiger charge is -2.25. The van der Waals surface area contributed by atoms with Gasteiger partial charge in [-0.2, -0.15) is 12.7 Å². The zero-order chi connectivity index (χ0) is 8.32. The highest BCUT2D eigenvalue weighted by Gasteiger charge is 2.23. The predicted molar refractivity (Wildman–Crippen MR) is 43.4 cm³/mol. The monoisotopic (exact) mass is 178 g/mol. The summed E-state index contributed by atoms with van der Waals surface area (Å²) >= 11 is 0. The second-order valence-electron chi connectivity index (χ2n) is 2.65. The van der Waals surface area contributed by atoms with Crippen molar-refractivity contribution in [3.05, 3.63) is 0 Å². The molecule has 1 fully saturated rings. The predicted octanol–water partition coefficient (Wildman–Crippen LogP) is -0.0635. The van der Waals surface area contributed by atoms with Crippen LogP contribution in [0.15, 0.2) is 0 Å². The molecule has 0 bridgehead atoms. The van der Waals surface area contributed by atoms with Gasteiger partial charge in [-0.15, -0.1) is 0 Å². The van der Waals surface area contributed by atoms with Crippen LogP contribution in [-0.4, -0.2) is 32.4 Å². The number of nitrogens with zero attached hydrogens (tertiary/aromatic N) is 1. The van der Waals surface area contributed by atoms with Crippen molar-refractivity contribution in [1.82, 2.24) is 9.03 Å². The largest absolute Gasteiger partial charge is 0.279 e. The van der Waals surface area contributed by atoms with Crippen LogP contribution in [0.2, 0.25) is 0 Å². The van der Waals surface area contributed by atoms with Crippen LogP contribution in [0.25, 0.3) is 0 Å². The molecule has 0 spiro atoms. The third kappa shape index (κ3) is 2.15. The van der Waals surface area contributed by atoms with E-state index in [1.165, 1.54) is 4.31 Å². The molecule has 0 saturated carbocycles. The summed E-state index contributed by atoms with van der Waals surface area (Å²) in [6.45, 7) is 3.87. The van der Waals surface area contributed by atoms with Crippen LogP contribution < -0.4 is 4.72 Å². The molecule has 0 atom stereocenters. The first-order valence-electron chi connectivity index (χ1n) is 3.91. The number of hydrogen-bond acceptors (Lipinski definition) is 2. The van der Waals surface area contributed by atoms with Crippen LogP contribution in [0.1, 0.15) is 19.8 Å². The van der Waals surface area contributed by atoms with E-state index in [4.69, 9.17) is 0 Å². The molecular weight excluding hydrogens is 164 g/mol. The van der Waals surface area contributed by atoms with Gasteiger partial charge >= 0.3 is 0 Å². The summed E-state index contributed by atoms with van der Waals surface area (Å²) in [6.07, 6.45) is 1.79. The van der Waals surface area contributed by atoms with Gasteiger partial charge in [-0.25, -0.2) is 4.72 Å². The Balaban J connectivity index is 2.60. The smallest absolute Gasteiger partial charge is 0.202 e. The van der Waals surface area contributed by atoms with Crippen LogP contribution in [0.3, 0.4) is 0 Å². The fourth-order valence-corrected chi connectivity index (χ4v) is 2.53. The Morgan fingerprint density at radius 2 is 2.27 bits per heavy atom. The Morgan fingerprint density at radius 1 is 1.55 bits per heavy atom. The number of hydrogen-bond donors (Lipinski definition) is 1. The van der Waals surface area contributed by atoms with E-state index in [2.05, 4.69) is 4.72 Å². The molecular formula is C6H14N2O2S. The molecule has 1 aliphatic rings. The third-order valence-corrected chi connectivity index (χ3v) is 3.30. The van der Waals surface area contributed by atoms with Crippen molar-refractivity contribution >= 4 is 10.2 Å². The molecule has 0 unspecified atom stereocenters.